The Labute approximate surface area is 123 Å². The van der Waals surface area contributed by atoms with Crippen LogP contribution in [0.4, 0.5) is 0 Å². The summed E-state index contributed by atoms with van der Waals surface area (Å²) < 4.78 is 0. The predicted octanol–water partition coefficient (Wildman–Crippen LogP) is 0.294. The van der Waals surface area contributed by atoms with E-state index >= 15 is 0 Å². The van der Waals surface area contributed by atoms with Crippen LogP contribution in [-0.4, -0.2) is 48.3 Å². The molecule has 8 heteroatoms. The monoisotopic (exact) mass is 314 g/mol. The second-order valence-electron chi connectivity index (χ2n) is 4.43. The lowest BCUT2D eigenvalue weighted by molar-refractivity contribution is -0.196. The first-order chi connectivity index (χ1) is 9.67. The van der Waals surface area contributed by atoms with Crippen LogP contribution in [0.1, 0.15) is 5.56 Å². The Bertz CT molecular complexity index is 675. The van der Waals surface area contributed by atoms with Gasteiger partial charge in [-0.3, -0.25) is 4.79 Å². The van der Waals surface area contributed by atoms with Crippen molar-refractivity contribution in [1.82, 2.24) is 0 Å². The van der Waals surface area contributed by atoms with E-state index in [4.69, 9.17) is 11.6 Å². The molecular formula is C13H11ClO7. The zero-order chi connectivity index (χ0) is 15.9. The maximum Gasteiger partial charge on any atom is 0.239 e. The number of allylic oxidation sites excluding steroid dienone is 1. The van der Waals surface area contributed by atoms with E-state index in [1.165, 1.54) is 18.2 Å². The number of ketones is 1. The number of benzene rings is 1. The SMILES string of the molecule is O=C1C(=C(O)c2cccc(O)c2)C(O)=C(Cl)C(O)(O)C1O. The third kappa shape index (κ3) is 2.36. The van der Waals surface area contributed by atoms with Gasteiger partial charge in [0, 0.05) is 5.56 Å². The van der Waals surface area contributed by atoms with E-state index in [0.29, 0.717) is 0 Å². The molecule has 1 aromatic rings. The molecule has 1 aromatic carbocycles. The van der Waals surface area contributed by atoms with Crippen molar-refractivity contribution >= 4 is 23.1 Å². The fourth-order valence-corrected chi connectivity index (χ4v) is 2.06. The highest BCUT2D eigenvalue weighted by molar-refractivity contribution is 6.33. The minimum Gasteiger partial charge on any atom is -0.508 e. The quantitative estimate of drug-likeness (QED) is 0.249. The van der Waals surface area contributed by atoms with Crippen molar-refractivity contribution in [3.05, 3.63) is 46.2 Å². The Hall–Kier alpha value is -2.06. The Morgan fingerprint density at radius 2 is 1.86 bits per heavy atom. The Morgan fingerprint density at radius 1 is 1.24 bits per heavy atom. The minimum atomic E-state index is -3.15. The molecule has 2 rings (SSSR count). The molecule has 0 bridgehead atoms. The van der Waals surface area contributed by atoms with E-state index in [-0.39, 0.29) is 11.3 Å². The van der Waals surface area contributed by atoms with Crippen molar-refractivity contribution < 1.29 is 35.4 Å². The second kappa shape index (κ2) is 5.05. The number of phenols is 1. The van der Waals surface area contributed by atoms with Gasteiger partial charge in [0.2, 0.25) is 11.6 Å². The Kier molecular flexibility index (Phi) is 3.68. The fraction of sp³-hybridized carbons (Fsp3) is 0.154. The molecule has 7 nitrogen and oxygen atoms in total. The van der Waals surface area contributed by atoms with E-state index in [0.717, 1.165) is 6.07 Å². The highest BCUT2D eigenvalue weighted by Crippen LogP contribution is 2.37. The van der Waals surface area contributed by atoms with Crippen molar-refractivity contribution in [1.29, 1.82) is 0 Å². The smallest absolute Gasteiger partial charge is 0.239 e. The van der Waals surface area contributed by atoms with Gasteiger partial charge in [-0.05, 0) is 12.1 Å². The molecule has 112 valence electrons. The molecule has 0 heterocycles. The third-order valence-electron chi connectivity index (χ3n) is 3.00. The lowest BCUT2D eigenvalue weighted by atomic mass is 9.88. The van der Waals surface area contributed by atoms with Gasteiger partial charge in [0.1, 0.15) is 27.9 Å². The van der Waals surface area contributed by atoms with E-state index in [2.05, 4.69) is 0 Å². The van der Waals surface area contributed by atoms with Gasteiger partial charge in [-0.1, -0.05) is 23.7 Å². The van der Waals surface area contributed by atoms with E-state index in [9.17, 15) is 35.4 Å². The standard InChI is InChI=1S/C13H11ClO7/c14-11-9(17)7(10(18)12(19)13(11,20)21)8(16)5-2-1-3-6(15)4-5/h1-4,12,15-17,19-21H. The zero-order valence-electron chi connectivity index (χ0n) is 10.4. The molecule has 0 saturated carbocycles. The normalized spacial score (nSPS) is 24.2. The van der Waals surface area contributed by atoms with Gasteiger partial charge in [0.15, 0.2) is 6.10 Å². The highest BCUT2D eigenvalue weighted by Gasteiger charge is 2.50. The minimum absolute atomic E-state index is 0.0371. The van der Waals surface area contributed by atoms with Crippen LogP contribution in [0, 0.1) is 0 Å². The molecule has 0 saturated heterocycles. The van der Waals surface area contributed by atoms with Crippen LogP contribution in [0.25, 0.3) is 5.76 Å². The van der Waals surface area contributed by atoms with Crippen LogP contribution >= 0.6 is 11.6 Å². The number of carbonyl (C=O) groups excluding carboxylic acids is 1. The topological polar surface area (TPSA) is 138 Å². The van der Waals surface area contributed by atoms with Gasteiger partial charge in [-0.2, -0.15) is 0 Å². The van der Waals surface area contributed by atoms with Crippen molar-refractivity contribution in [2.24, 2.45) is 0 Å². The van der Waals surface area contributed by atoms with Gasteiger partial charge >= 0.3 is 0 Å². The first-order valence-electron chi connectivity index (χ1n) is 5.67. The molecule has 0 amide bonds. The number of carbonyl (C=O) groups is 1. The summed E-state index contributed by atoms with van der Waals surface area (Å²) in [6.45, 7) is 0. The first kappa shape index (κ1) is 15.3. The second-order valence-corrected chi connectivity index (χ2v) is 4.81. The van der Waals surface area contributed by atoms with Crippen LogP contribution in [0.5, 0.6) is 5.75 Å². The van der Waals surface area contributed by atoms with Crippen LogP contribution in [0.3, 0.4) is 0 Å². The number of hydrogen-bond acceptors (Lipinski definition) is 7. The summed E-state index contributed by atoms with van der Waals surface area (Å²) >= 11 is 5.50. The van der Waals surface area contributed by atoms with Gasteiger partial charge in [-0.15, -0.1) is 0 Å². The summed E-state index contributed by atoms with van der Waals surface area (Å²) in [6.07, 6.45) is -2.38. The molecule has 0 aliphatic heterocycles. The van der Waals surface area contributed by atoms with Gasteiger partial charge in [0.05, 0.1) is 0 Å². The molecule has 21 heavy (non-hydrogen) atoms. The number of aliphatic hydroxyl groups is 5. The van der Waals surface area contributed by atoms with E-state index in [1.807, 2.05) is 0 Å². The van der Waals surface area contributed by atoms with E-state index in [1.54, 1.807) is 0 Å². The molecule has 6 N–H and O–H groups in total. The van der Waals surface area contributed by atoms with Crippen LogP contribution in [-0.2, 0) is 4.79 Å². The van der Waals surface area contributed by atoms with Crippen molar-refractivity contribution in [3.63, 3.8) is 0 Å². The van der Waals surface area contributed by atoms with Gasteiger partial charge in [-0.25, -0.2) is 0 Å². The number of aliphatic hydroxyl groups excluding tert-OH is 3. The maximum absolute atomic E-state index is 11.9. The molecule has 1 unspecified atom stereocenters. The number of hydrogen-bond donors (Lipinski definition) is 6. The summed E-state index contributed by atoms with van der Waals surface area (Å²) in [5.74, 6) is -6.54. The summed E-state index contributed by atoms with van der Waals surface area (Å²) in [5.41, 5.74) is -0.818. The molecule has 0 radical (unpaired) electrons. The van der Waals surface area contributed by atoms with E-state index < -0.39 is 39.8 Å². The third-order valence-corrected chi connectivity index (χ3v) is 3.46. The number of Topliss-reactive ketones (excluding diaryl/α,β-unsaturated/α-hetero) is 1. The van der Waals surface area contributed by atoms with Crippen LogP contribution < -0.4 is 0 Å². The molecule has 1 aliphatic carbocycles. The number of aromatic hydroxyl groups is 1. The average molecular weight is 315 g/mol. The molecule has 0 spiro atoms. The fourth-order valence-electron chi connectivity index (χ4n) is 1.87. The van der Waals surface area contributed by atoms with Crippen molar-refractivity contribution in [3.8, 4) is 5.75 Å². The molecule has 0 fully saturated rings. The Morgan fingerprint density at radius 3 is 2.43 bits per heavy atom. The number of phenolic OH excluding ortho intramolecular Hbond substituents is 1. The average Bonchev–Trinajstić information content (AvgIpc) is 2.44. The lowest BCUT2D eigenvalue weighted by Gasteiger charge is -2.31. The number of halogens is 1. The number of rotatable bonds is 1. The molecular weight excluding hydrogens is 304 g/mol. The highest BCUT2D eigenvalue weighted by atomic mass is 35.5. The summed E-state index contributed by atoms with van der Waals surface area (Å²) in [6, 6.07) is 5.11. The van der Waals surface area contributed by atoms with Gasteiger partial charge < -0.3 is 30.6 Å². The summed E-state index contributed by atoms with van der Waals surface area (Å²) in [5, 5.41) is 56.6. The molecule has 1 aliphatic rings. The summed E-state index contributed by atoms with van der Waals surface area (Å²) in [4.78, 5) is 11.9. The van der Waals surface area contributed by atoms with Crippen LogP contribution in [0.15, 0.2) is 40.6 Å². The lowest BCUT2D eigenvalue weighted by Crippen LogP contribution is -2.51. The van der Waals surface area contributed by atoms with Crippen molar-refractivity contribution in [2.75, 3.05) is 0 Å². The maximum atomic E-state index is 11.9. The largest absolute Gasteiger partial charge is 0.508 e. The Balaban J connectivity index is 2.70. The molecule has 0 aromatic heterocycles. The molecule has 1 atom stereocenters. The first-order valence-corrected chi connectivity index (χ1v) is 6.05. The van der Waals surface area contributed by atoms with Crippen LogP contribution in [0.2, 0.25) is 0 Å². The zero-order valence-corrected chi connectivity index (χ0v) is 11.1. The van der Waals surface area contributed by atoms with Crippen molar-refractivity contribution in [2.45, 2.75) is 11.9 Å². The van der Waals surface area contributed by atoms with Gasteiger partial charge in [0.25, 0.3) is 0 Å². The predicted molar refractivity (Wildman–Crippen MR) is 71.3 cm³/mol. The summed E-state index contributed by atoms with van der Waals surface area (Å²) in [7, 11) is 0.